The van der Waals surface area contributed by atoms with Gasteiger partial charge in [-0.25, -0.2) is 14.2 Å². The summed E-state index contributed by atoms with van der Waals surface area (Å²) in [7, 11) is 1.34. The number of anilines is 1. The van der Waals surface area contributed by atoms with Gasteiger partial charge >= 0.3 is 5.97 Å². The smallest absolute Gasteiger partial charge is 0.337 e. The number of carbonyl (C=O) groups excluding carboxylic acids is 1. The third kappa shape index (κ3) is 4.14. The van der Waals surface area contributed by atoms with Gasteiger partial charge in [0.1, 0.15) is 5.82 Å². The van der Waals surface area contributed by atoms with Crippen molar-refractivity contribution in [2.45, 2.75) is 6.54 Å². The highest BCUT2D eigenvalue weighted by atomic mass is 19.1. The lowest BCUT2D eigenvalue weighted by Gasteiger charge is -2.07. The number of benzene rings is 2. The fourth-order valence-electron chi connectivity index (χ4n) is 2.20. The Morgan fingerprint density at radius 3 is 2.52 bits per heavy atom. The number of hydrogen-bond acceptors (Lipinski definition) is 6. The number of rotatable bonds is 5. The molecule has 1 heterocycles. The number of hydrogen-bond donors (Lipinski definition) is 1. The van der Waals surface area contributed by atoms with Crippen molar-refractivity contribution in [2.24, 2.45) is 0 Å². The number of ether oxygens (including phenoxy) is 1. The van der Waals surface area contributed by atoms with Crippen molar-refractivity contribution in [1.29, 1.82) is 0 Å². The van der Waals surface area contributed by atoms with Gasteiger partial charge in [0.15, 0.2) is 0 Å². The van der Waals surface area contributed by atoms with Crippen LogP contribution in [0.2, 0.25) is 0 Å². The number of aromatic nitrogens is 3. The Kier molecular flexibility index (Phi) is 4.94. The van der Waals surface area contributed by atoms with Gasteiger partial charge in [0.2, 0.25) is 5.95 Å². The van der Waals surface area contributed by atoms with Crippen LogP contribution in [0.15, 0.2) is 54.7 Å². The van der Waals surface area contributed by atoms with E-state index in [1.807, 2.05) is 12.1 Å². The molecule has 0 spiro atoms. The standard InChI is InChI=1S/C18H15FN4O2/c1-25-17(24)14-4-2-12(3-5-14)10-20-18-22-16(11-21-23-18)13-6-8-15(19)9-7-13/h2-9,11H,10H2,1H3,(H,20,22,23). The second-order valence-corrected chi connectivity index (χ2v) is 5.21. The lowest BCUT2D eigenvalue weighted by atomic mass is 10.1. The highest BCUT2D eigenvalue weighted by molar-refractivity contribution is 5.89. The van der Waals surface area contributed by atoms with E-state index in [2.05, 4.69) is 25.2 Å². The van der Waals surface area contributed by atoms with Crippen LogP contribution in [0.5, 0.6) is 0 Å². The molecule has 0 aliphatic heterocycles. The Morgan fingerprint density at radius 2 is 1.84 bits per heavy atom. The molecule has 0 radical (unpaired) electrons. The maximum Gasteiger partial charge on any atom is 0.337 e. The lowest BCUT2D eigenvalue weighted by Crippen LogP contribution is -2.06. The highest BCUT2D eigenvalue weighted by Crippen LogP contribution is 2.17. The van der Waals surface area contributed by atoms with Crippen LogP contribution in [-0.4, -0.2) is 28.3 Å². The summed E-state index contributed by atoms with van der Waals surface area (Å²) in [6.07, 6.45) is 1.52. The molecule has 0 aliphatic rings. The Bertz CT molecular complexity index is 867. The van der Waals surface area contributed by atoms with E-state index in [1.54, 1.807) is 24.3 Å². The normalized spacial score (nSPS) is 10.3. The van der Waals surface area contributed by atoms with Crippen LogP contribution in [0.1, 0.15) is 15.9 Å². The molecule has 0 atom stereocenters. The first-order valence-corrected chi connectivity index (χ1v) is 7.52. The number of esters is 1. The number of nitrogens with zero attached hydrogens (tertiary/aromatic N) is 3. The van der Waals surface area contributed by atoms with Crippen molar-refractivity contribution in [3.63, 3.8) is 0 Å². The van der Waals surface area contributed by atoms with Gasteiger partial charge in [0, 0.05) is 12.1 Å². The average Bonchev–Trinajstić information content (AvgIpc) is 2.67. The summed E-state index contributed by atoms with van der Waals surface area (Å²) in [5.41, 5.74) is 2.78. The Morgan fingerprint density at radius 1 is 1.12 bits per heavy atom. The van der Waals surface area contributed by atoms with Crippen LogP contribution in [0.25, 0.3) is 11.3 Å². The van der Waals surface area contributed by atoms with E-state index >= 15 is 0 Å². The van der Waals surface area contributed by atoms with Gasteiger partial charge in [-0.15, -0.1) is 5.10 Å². The minimum absolute atomic E-state index is 0.306. The zero-order chi connectivity index (χ0) is 17.6. The molecule has 1 N–H and O–H groups in total. The maximum atomic E-state index is 13.0. The average molecular weight is 338 g/mol. The monoisotopic (exact) mass is 338 g/mol. The van der Waals surface area contributed by atoms with Crippen molar-refractivity contribution in [3.8, 4) is 11.3 Å². The zero-order valence-corrected chi connectivity index (χ0v) is 13.4. The minimum Gasteiger partial charge on any atom is -0.465 e. The molecule has 6 nitrogen and oxygen atoms in total. The van der Waals surface area contributed by atoms with Gasteiger partial charge in [-0.3, -0.25) is 0 Å². The molecular formula is C18H15FN4O2. The number of nitrogens with one attached hydrogen (secondary N) is 1. The van der Waals surface area contributed by atoms with Gasteiger partial charge < -0.3 is 10.1 Å². The van der Waals surface area contributed by atoms with Crippen LogP contribution in [0.4, 0.5) is 10.3 Å². The molecule has 3 aromatic rings. The summed E-state index contributed by atoms with van der Waals surface area (Å²) >= 11 is 0. The molecule has 0 aliphatic carbocycles. The molecule has 0 saturated carbocycles. The number of halogens is 1. The molecule has 0 fully saturated rings. The van der Waals surface area contributed by atoms with E-state index in [4.69, 9.17) is 0 Å². The second kappa shape index (κ2) is 7.48. The van der Waals surface area contributed by atoms with Crippen molar-refractivity contribution >= 4 is 11.9 Å². The van der Waals surface area contributed by atoms with Gasteiger partial charge in [0.25, 0.3) is 0 Å². The first-order valence-electron chi connectivity index (χ1n) is 7.52. The van der Waals surface area contributed by atoms with E-state index in [0.29, 0.717) is 23.8 Å². The molecule has 0 bridgehead atoms. The predicted molar refractivity (Wildman–Crippen MR) is 90.3 cm³/mol. The van der Waals surface area contributed by atoms with Crippen molar-refractivity contribution in [2.75, 3.05) is 12.4 Å². The first-order chi connectivity index (χ1) is 12.2. The van der Waals surface area contributed by atoms with Gasteiger partial charge in [-0.2, -0.15) is 5.10 Å². The molecular weight excluding hydrogens is 323 g/mol. The summed E-state index contributed by atoms with van der Waals surface area (Å²) < 4.78 is 17.7. The van der Waals surface area contributed by atoms with Crippen LogP contribution in [0.3, 0.4) is 0 Å². The zero-order valence-electron chi connectivity index (χ0n) is 13.4. The maximum absolute atomic E-state index is 13.0. The van der Waals surface area contributed by atoms with Crippen LogP contribution in [-0.2, 0) is 11.3 Å². The van der Waals surface area contributed by atoms with Gasteiger partial charge in [-0.05, 0) is 42.0 Å². The minimum atomic E-state index is -0.376. The molecule has 0 unspecified atom stereocenters. The number of methoxy groups -OCH3 is 1. The Balaban J connectivity index is 1.68. The quantitative estimate of drug-likeness (QED) is 0.721. The summed E-state index contributed by atoms with van der Waals surface area (Å²) in [6, 6.07) is 13.0. The van der Waals surface area contributed by atoms with Crippen LogP contribution >= 0.6 is 0 Å². The van der Waals surface area contributed by atoms with E-state index in [9.17, 15) is 9.18 Å². The molecule has 1 aromatic heterocycles. The summed E-state index contributed by atoms with van der Waals surface area (Å²) in [5.74, 6) is -0.322. The summed E-state index contributed by atoms with van der Waals surface area (Å²) in [6.45, 7) is 0.468. The Hall–Kier alpha value is -3.35. The van der Waals surface area contributed by atoms with E-state index in [0.717, 1.165) is 11.1 Å². The van der Waals surface area contributed by atoms with E-state index < -0.39 is 0 Å². The topological polar surface area (TPSA) is 77.0 Å². The van der Waals surface area contributed by atoms with Crippen molar-refractivity contribution < 1.29 is 13.9 Å². The summed E-state index contributed by atoms with van der Waals surface area (Å²) in [5, 5.41) is 10.9. The van der Waals surface area contributed by atoms with Crippen LogP contribution < -0.4 is 5.32 Å². The van der Waals surface area contributed by atoms with E-state index in [-0.39, 0.29) is 11.8 Å². The molecule has 3 rings (SSSR count). The molecule has 7 heteroatoms. The van der Waals surface area contributed by atoms with Crippen LogP contribution in [0, 0.1) is 5.82 Å². The fraction of sp³-hybridized carbons (Fsp3) is 0.111. The molecule has 25 heavy (non-hydrogen) atoms. The molecule has 0 amide bonds. The lowest BCUT2D eigenvalue weighted by molar-refractivity contribution is 0.0600. The SMILES string of the molecule is COC(=O)c1ccc(CNc2nncc(-c3ccc(F)cc3)n2)cc1. The van der Waals surface area contributed by atoms with E-state index in [1.165, 1.54) is 25.4 Å². The highest BCUT2D eigenvalue weighted by Gasteiger charge is 2.06. The molecule has 2 aromatic carbocycles. The molecule has 126 valence electrons. The Labute approximate surface area is 143 Å². The second-order valence-electron chi connectivity index (χ2n) is 5.21. The summed E-state index contributed by atoms with van der Waals surface area (Å²) in [4.78, 5) is 15.8. The first kappa shape index (κ1) is 16.5. The van der Waals surface area contributed by atoms with Crippen molar-refractivity contribution in [1.82, 2.24) is 15.2 Å². The largest absolute Gasteiger partial charge is 0.465 e. The third-order valence-corrected chi connectivity index (χ3v) is 3.52. The number of carbonyl (C=O) groups is 1. The molecule has 0 saturated heterocycles. The van der Waals surface area contributed by atoms with Crippen molar-refractivity contribution in [3.05, 3.63) is 71.7 Å². The fourth-order valence-corrected chi connectivity index (χ4v) is 2.20. The third-order valence-electron chi connectivity index (χ3n) is 3.52. The predicted octanol–water partition coefficient (Wildman–Crippen LogP) is 3.08. The van der Waals surface area contributed by atoms with Gasteiger partial charge in [-0.1, -0.05) is 12.1 Å². The van der Waals surface area contributed by atoms with Gasteiger partial charge in [0.05, 0.1) is 24.6 Å².